The van der Waals surface area contributed by atoms with Crippen molar-refractivity contribution < 1.29 is 64.3 Å². The van der Waals surface area contributed by atoms with Gasteiger partial charge in [-0.1, -0.05) is 11.6 Å². The minimum absolute atomic E-state index is 0. The minimum Gasteiger partial charge on any atom is -0.443 e. The van der Waals surface area contributed by atoms with Crippen LogP contribution in [0.2, 0.25) is 5.02 Å². The van der Waals surface area contributed by atoms with Crippen LogP contribution in [0.4, 0.5) is 12.9 Å². The molecule has 1 heterocycles. The molecule has 1 aromatic heterocycles. The average molecular weight is 220 g/mol. The van der Waals surface area contributed by atoms with Crippen LogP contribution in [0, 0.1) is 0 Å². The number of rotatable bonds is 1. The molecule has 0 saturated carbocycles. The van der Waals surface area contributed by atoms with E-state index >= 15 is 0 Å². The molecule has 0 amide bonds. The summed E-state index contributed by atoms with van der Waals surface area (Å²) in [4.78, 5) is 6.02. The smallest absolute Gasteiger partial charge is 0.443 e. The van der Waals surface area contributed by atoms with Crippen molar-refractivity contribution in [3.05, 3.63) is 17.4 Å². The van der Waals surface area contributed by atoms with Crippen LogP contribution in [-0.4, -0.2) is 16.9 Å². The van der Waals surface area contributed by atoms with Crippen LogP contribution in [0.15, 0.2) is 12.4 Å². The van der Waals surface area contributed by atoms with Gasteiger partial charge in [0.05, 0.1) is 10.7 Å². The molecule has 0 aromatic carbocycles. The number of hydrogen-bond acceptors (Lipinski definition) is 2. The van der Waals surface area contributed by atoms with Gasteiger partial charge in [-0.3, -0.25) is 9.97 Å². The first-order chi connectivity index (χ1) is 5.00. The Kier molecular flexibility index (Phi) is 5.27. The van der Waals surface area contributed by atoms with Crippen molar-refractivity contribution in [2.24, 2.45) is 0 Å². The zero-order chi connectivity index (χ0) is 8.48. The second-order valence-electron chi connectivity index (χ2n) is 1.83. The van der Waals surface area contributed by atoms with E-state index in [0.717, 1.165) is 12.4 Å². The Bertz CT molecular complexity index is 251. The normalized spacial score (nSPS) is 10.7. The van der Waals surface area contributed by atoms with E-state index in [-0.39, 0.29) is 56.4 Å². The zero-order valence-corrected chi connectivity index (χ0v) is 10.0. The summed E-state index contributed by atoms with van der Waals surface area (Å²) in [5.74, 6) is 0. The van der Waals surface area contributed by atoms with Crippen LogP contribution in [0.3, 0.4) is 0 Å². The first-order valence-electron chi connectivity index (χ1n) is 2.67. The van der Waals surface area contributed by atoms with Crippen LogP contribution < -0.4 is 57.1 Å². The fraction of sp³-hybridized carbons (Fsp3) is 0. The Balaban J connectivity index is 0.00000121. The Morgan fingerprint density at radius 2 is 1.58 bits per heavy atom. The summed E-state index contributed by atoms with van der Waals surface area (Å²) in [6, 6.07) is 0. The average Bonchev–Trinajstić information content (AvgIpc) is 1.86. The van der Waals surface area contributed by atoms with Crippen LogP contribution in [0.25, 0.3) is 0 Å². The van der Waals surface area contributed by atoms with Crippen molar-refractivity contribution >= 4 is 24.3 Å². The van der Waals surface area contributed by atoms with E-state index in [4.69, 9.17) is 11.6 Å². The van der Waals surface area contributed by atoms with Gasteiger partial charge >= 0.3 is 58.4 Å². The molecule has 0 bridgehead atoms. The van der Waals surface area contributed by atoms with Gasteiger partial charge in [0, 0.05) is 12.4 Å². The number of halogens is 4. The largest absolute Gasteiger partial charge is 1.00 e. The second-order valence-corrected chi connectivity index (χ2v) is 2.27. The number of aromatic nitrogens is 2. The van der Waals surface area contributed by atoms with E-state index in [0.29, 0.717) is 0 Å². The summed E-state index contributed by atoms with van der Waals surface area (Å²) in [7, 11) is 0. The maximum absolute atomic E-state index is 11.8. The van der Waals surface area contributed by atoms with Gasteiger partial charge in [-0.2, -0.15) is 0 Å². The van der Waals surface area contributed by atoms with Crippen molar-refractivity contribution in [1.29, 1.82) is 0 Å². The molecule has 0 N–H and O–H groups in total. The molecule has 0 aliphatic rings. The van der Waals surface area contributed by atoms with E-state index in [1.54, 1.807) is 0 Å². The first kappa shape index (κ1) is 12.9. The van der Waals surface area contributed by atoms with Gasteiger partial charge < -0.3 is 12.9 Å². The van der Waals surface area contributed by atoms with Crippen molar-refractivity contribution in [2.75, 3.05) is 0 Å². The summed E-state index contributed by atoms with van der Waals surface area (Å²) in [6.07, 6.45) is 1.83. The molecule has 0 aliphatic carbocycles. The van der Waals surface area contributed by atoms with Crippen molar-refractivity contribution in [3.8, 4) is 0 Å². The molecule has 0 fully saturated rings. The van der Waals surface area contributed by atoms with E-state index in [1.165, 1.54) is 0 Å². The summed E-state index contributed by atoms with van der Waals surface area (Å²) >= 11 is 5.28. The Hall–Kier alpha value is 0.861. The maximum Gasteiger partial charge on any atom is 1.00 e. The zero-order valence-electron chi connectivity index (χ0n) is 6.14. The number of hydrogen-bond donors (Lipinski definition) is 0. The predicted octanol–water partition coefficient (Wildman–Crippen LogP) is -1.81. The predicted molar refractivity (Wildman–Crippen MR) is 35.8 cm³/mol. The van der Waals surface area contributed by atoms with Gasteiger partial charge in [0.25, 0.3) is 0 Å². The van der Waals surface area contributed by atoms with Gasteiger partial charge in [0.2, 0.25) is 0 Å². The summed E-state index contributed by atoms with van der Waals surface area (Å²) < 4.78 is 35.4. The SMILES string of the molecule is F[B-](F)(F)c1ncc(Cl)cn1.[K+]. The molecule has 1 rings (SSSR count). The van der Waals surface area contributed by atoms with Crippen LogP contribution in [-0.2, 0) is 0 Å². The molecule has 0 spiro atoms. The standard InChI is InChI=1S/C4H2BClF3N2.K/c6-3-1-10-4(11-2-3)5(7,8)9;/h1-2H;/q-1;+1. The molecule has 0 atom stereocenters. The van der Waals surface area contributed by atoms with Crippen LogP contribution >= 0.6 is 11.6 Å². The minimum atomic E-state index is -5.10. The molecule has 2 nitrogen and oxygen atoms in total. The second kappa shape index (κ2) is 4.92. The third kappa shape index (κ3) is 3.72. The van der Waals surface area contributed by atoms with Crippen molar-refractivity contribution in [3.63, 3.8) is 0 Å². The molecule has 12 heavy (non-hydrogen) atoms. The summed E-state index contributed by atoms with van der Waals surface area (Å²) in [5, 5.41) is 0.0915. The van der Waals surface area contributed by atoms with E-state index in [9.17, 15) is 12.9 Å². The molecule has 0 saturated heterocycles. The summed E-state index contributed by atoms with van der Waals surface area (Å²) in [5.41, 5.74) is -1.12. The van der Waals surface area contributed by atoms with Gasteiger partial charge in [-0.05, 0) is 0 Å². The third-order valence-corrected chi connectivity index (χ3v) is 1.13. The summed E-state index contributed by atoms with van der Waals surface area (Å²) in [6.45, 7) is -5.10. The van der Waals surface area contributed by atoms with Gasteiger partial charge in [-0.15, -0.1) is 0 Å². The molecule has 8 heteroatoms. The third-order valence-electron chi connectivity index (χ3n) is 0.933. The van der Waals surface area contributed by atoms with Gasteiger partial charge in [-0.25, -0.2) is 0 Å². The first-order valence-corrected chi connectivity index (χ1v) is 3.05. The van der Waals surface area contributed by atoms with E-state index < -0.39 is 12.7 Å². The van der Waals surface area contributed by atoms with Gasteiger partial charge in [0.15, 0.2) is 0 Å². The van der Waals surface area contributed by atoms with Crippen LogP contribution in [0.5, 0.6) is 0 Å². The maximum atomic E-state index is 11.8. The quantitative estimate of drug-likeness (QED) is 0.521. The Morgan fingerprint density at radius 1 is 1.17 bits per heavy atom. The van der Waals surface area contributed by atoms with Crippen molar-refractivity contribution in [2.45, 2.75) is 0 Å². The van der Waals surface area contributed by atoms with E-state index in [1.807, 2.05) is 0 Å². The topological polar surface area (TPSA) is 25.8 Å². The fourth-order valence-electron chi connectivity index (χ4n) is 0.491. The fourth-order valence-corrected chi connectivity index (χ4v) is 0.589. The molecule has 1 aromatic rings. The molecule has 0 aliphatic heterocycles. The monoisotopic (exact) mass is 220 g/mol. The molecular formula is C4H2BClF3KN2. The number of nitrogens with zero attached hydrogens (tertiary/aromatic N) is 2. The Morgan fingerprint density at radius 3 is 1.92 bits per heavy atom. The molecule has 0 unspecified atom stereocenters. The molecule has 0 radical (unpaired) electrons. The molecular weight excluding hydrogens is 218 g/mol. The Labute approximate surface area is 114 Å². The van der Waals surface area contributed by atoms with E-state index in [2.05, 4.69) is 9.97 Å². The van der Waals surface area contributed by atoms with Crippen molar-refractivity contribution in [1.82, 2.24) is 9.97 Å². The molecule has 60 valence electrons. The van der Waals surface area contributed by atoms with Crippen LogP contribution in [0.1, 0.15) is 0 Å². The van der Waals surface area contributed by atoms with Gasteiger partial charge in [0.1, 0.15) is 0 Å².